The number of hydrogen-bond donors (Lipinski definition) is 2. The van der Waals surface area contributed by atoms with Gasteiger partial charge in [0.25, 0.3) is 5.69 Å². The van der Waals surface area contributed by atoms with Crippen molar-refractivity contribution in [3.63, 3.8) is 0 Å². The van der Waals surface area contributed by atoms with Gasteiger partial charge in [-0.1, -0.05) is 12.1 Å². The molecule has 0 saturated carbocycles. The molecule has 0 unspecified atom stereocenters. The van der Waals surface area contributed by atoms with Gasteiger partial charge in [0.1, 0.15) is 5.56 Å². The predicted octanol–water partition coefficient (Wildman–Crippen LogP) is 0.293. The largest absolute Gasteiger partial charge is 0.489 e. The van der Waals surface area contributed by atoms with Gasteiger partial charge < -0.3 is 10.0 Å². The van der Waals surface area contributed by atoms with Crippen LogP contribution in [0.25, 0.3) is 0 Å². The Morgan fingerprint density at radius 1 is 1.31 bits per heavy atom. The predicted molar refractivity (Wildman–Crippen MR) is 47.9 cm³/mol. The number of nitro benzene ring substituents is 1. The van der Waals surface area contributed by atoms with Crippen LogP contribution in [0.2, 0.25) is 0 Å². The van der Waals surface area contributed by atoms with E-state index in [1.807, 2.05) is 0 Å². The van der Waals surface area contributed by atoms with Crippen molar-refractivity contribution in [2.45, 2.75) is 6.18 Å². The molecule has 0 spiro atoms. The van der Waals surface area contributed by atoms with Crippen LogP contribution in [0.5, 0.6) is 0 Å². The summed E-state index contributed by atoms with van der Waals surface area (Å²) in [5, 5.41) is 27.8. The Hall–Kier alpha value is -1.61. The van der Waals surface area contributed by atoms with Crippen LogP contribution >= 0.6 is 0 Å². The summed E-state index contributed by atoms with van der Waals surface area (Å²) in [6.07, 6.45) is -5.03. The van der Waals surface area contributed by atoms with E-state index in [0.717, 1.165) is 12.1 Å². The maximum atomic E-state index is 12.5. The maximum Gasteiger partial charge on any atom is 0.489 e. The topological polar surface area (TPSA) is 83.6 Å². The van der Waals surface area contributed by atoms with Crippen molar-refractivity contribution in [2.24, 2.45) is 0 Å². The van der Waals surface area contributed by atoms with Gasteiger partial charge in [-0.05, 0) is 0 Å². The lowest BCUT2D eigenvalue weighted by Gasteiger charge is -2.12. The molecule has 0 radical (unpaired) electrons. The fraction of sp³-hybridized carbons (Fsp3) is 0.143. The molecule has 0 atom stereocenters. The lowest BCUT2D eigenvalue weighted by Crippen LogP contribution is -2.36. The van der Waals surface area contributed by atoms with Crippen LogP contribution in [0.3, 0.4) is 0 Å². The van der Waals surface area contributed by atoms with Crippen molar-refractivity contribution in [1.82, 2.24) is 0 Å². The molecule has 5 nitrogen and oxygen atoms in total. The zero-order valence-corrected chi connectivity index (χ0v) is 7.60. The molecule has 0 aliphatic rings. The number of nitrogens with zero attached hydrogens (tertiary/aromatic N) is 1. The van der Waals surface area contributed by atoms with Gasteiger partial charge >= 0.3 is 13.3 Å². The van der Waals surface area contributed by atoms with Gasteiger partial charge in [-0.3, -0.25) is 10.1 Å². The molecule has 16 heavy (non-hydrogen) atoms. The molecule has 9 heteroatoms. The Balaban J connectivity index is 3.54. The number of rotatable bonds is 2. The molecule has 0 aliphatic carbocycles. The second kappa shape index (κ2) is 4.10. The Bertz CT molecular complexity index is 421. The van der Waals surface area contributed by atoms with Crippen molar-refractivity contribution in [2.75, 3.05) is 0 Å². The fourth-order valence-electron chi connectivity index (χ4n) is 1.23. The molecule has 0 aromatic heterocycles. The lowest BCUT2D eigenvalue weighted by molar-refractivity contribution is -0.387. The highest BCUT2D eigenvalue weighted by Crippen LogP contribution is 2.34. The monoisotopic (exact) mass is 235 g/mol. The van der Waals surface area contributed by atoms with E-state index in [2.05, 4.69) is 0 Å². The minimum Gasteiger partial charge on any atom is -0.423 e. The highest BCUT2D eigenvalue weighted by molar-refractivity contribution is 6.59. The van der Waals surface area contributed by atoms with E-state index in [9.17, 15) is 23.3 Å². The third-order valence-electron chi connectivity index (χ3n) is 1.83. The molecule has 1 aromatic rings. The molecule has 0 saturated heterocycles. The van der Waals surface area contributed by atoms with Gasteiger partial charge in [-0.2, -0.15) is 13.2 Å². The number of hydrogen-bond acceptors (Lipinski definition) is 4. The minimum absolute atomic E-state index is 0.648. The Morgan fingerprint density at radius 3 is 2.25 bits per heavy atom. The second-order valence-electron chi connectivity index (χ2n) is 2.87. The Kier molecular flexibility index (Phi) is 3.20. The second-order valence-corrected chi connectivity index (χ2v) is 2.87. The van der Waals surface area contributed by atoms with Crippen LogP contribution < -0.4 is 5.46 Å². The first kappa shape index (κ1) is 12.5. The molecule has 1 rings (SSSR count). The molecule has 2 N–H and O–H groups in total. The zero-order chi connectivity index (χ0) is 12.5. The van der Waals surface area contributed by atoms with Crippen molar-refractivity contribution >= 4 is 18.3 Å². The highest BCUT2D eigenvalue weighted by atomic mass is 19.4. The quantitative estimate of drug-likeness (QED) is 0.438. The smallest absolute Gasteiger partial charge is 0.423 e. The summed E-state index contributed by atoms with van der Waals surface area (Å²) in [7, 11) is -2.42. The Morgan fingerprint density at radius 2 is 1.88 bits per heavy atom. The number of benzene rings is 1. The van der Waals surface area contributed by atoms with Crippen LogP contribution in [-0.4, -0.2) is 22.1 Å². The van der Waals surface area contributed by atoms with Crippen LogP contribution in [0.4, 0.5) is 18.9 Å². The SMILES string of the molecule is O=[N+]([O-])c1cccc(B(O)O)c1C(F)(F)F. The van der Waals surface area contributed by atoms with Gasteiger partial charge in [0, 0.05) is 11.5 Å². The van der Waals surface area contributed by atoms with Gasteiger partial charge in [-0.15, -0.1) is 0 Å². The third kappa shape index (κ3) is 2.31. The van der Waals surface area contributed by atoms with Crippen molar-refractivity contribution < 1.29 is 28.1 Å². The van der Waals surface area contributed by atoms with Gasteiger partial charge in [0.05, 0.1) is 4.92 Å². The standard InChI is InChI=1S/C7H5BF3NO4/c9-7(10,11)6-4(8(13)14)2-1-3-5(6)12(15)16/h1-3,13-14H. The van der Waals surface area contributed by atoms with Crippen molar-refractivity contribution in [1.29, 1.82) is 0 Å². The summed E-state index contributed by atoms with van der Waals surface area (Å²) < 4.78 is 37.5. The first-order chi connectivity index (χ1) is 7.25. The third-order valence-corrected chi connectivity index (χ3v) is 1.83. The lowest BCUT2D eigenvalue weighted by atomic mass is 9.76. The van der Waals surface area contributed by atoms with E-state index in [1.54, 1.807) is 0 Å². The van der Waals surface area contributed by atoms with E-state index >= 15 is 0 Å². The minimum atomic E-state index is -5.03. The van der Waals surface area contributed by atoms with Crippen LogP contribution in [0.15, 0.2) is 18.2 Å². The maximum absolute atomic E-state index is 12.5. The number of halogens is 3. The summed E-state index contributed by atoms with van der Waals surface area (Å²) in [6, 6.07) is 2.36. The molecule has 86 valence electrons. The average Bonchev–Trinajstić information content (AvgIpc) is 2.15. The van der Waals surface area contributed by atoms with Gasteiger partial charge in [0.2, 0.25) is 0 Å². The molecule has 1 aromatic carbocycles. The molecular formula is C7H5BF3NO4. The van der Waals surface area contributed by atoms with Crippen LogP contribution in [-0.2, 0) is 6.18 Å². The molecule has 0 amide bonds. The van der Waals surface area contributed by atoms with E-state index in [4.69, 9.17) is 10.0 Å². The van der Waals surface area contributed by atoms with E-state index in [0.29, 0.717) is 6.07 Å². The summed E-state index contributed by atoms with van der Waals surface area (Å²) in [4.78, 5) is 9.16. The van der Waals surface area contributed by atoms with Gasteiger partial charge in [0.15, 0.2) is 0 Å². The molecule has 0 bridgehead atoms. The van der Waals surface area contributed by atoms with Crippen molar-refractivity contribution in [3.05, 3.63) is 33.9 Å². The normalized spacial score (nSPS) is 11.3. The number of nitro groups is 1. The average molecular weight is 235 g/mol. The summed E-state index contributed by atoms with van der Waals surface area (Å²) >= 11 is 0. The molecule has 0 aliphatic heterocycles. The summed E-state index contributed by atoms with van der Waals surface area (Å²) in [5.74, 6) is 0. The molecule has 0 heterocycles. The fourth-order valence-corrected chi connectivity index (χ4v) is 1.23. The summed E-state index contributed by atoms with van der Waals surface area (Å²) in [5.41, 5.74) is -3.80. The van der Waals surface area contributed by atoms with Crippen LogP contribution in [0, 0.1) is 10.1 Å². The first-order valence-corrected chi connectivity index (χ1v) is 3.95. The van der Waals surface area contributed by atoms with Crippen molar-refractivity contribution in [3.8, 4) is 0 Å². The first-order valence-electron chi connectivity index (χ1n) is 3.95. The van der Waals surface area contributed by atoms with Gasteiger partial charge in [-0.25, -0.2) is 0 Å². The molecule has 0 fully saturated rings. The van der Waals surface area contributed by atoms with E-state index < -0.39 is 34.9 Å². The Labute approximate surface area is 87.4 Å². The van der Waals surface area contributed by atoms with E-state index in [-0.39, 0.29) is 0 Å². The van der Waals surface area contributed by atoms with Crippen LogP contribution in [0.1, 0.15) is 5.56 Å². The molecular weight excluding hydrogens is 230 g/mol. The zero-order valence-electron chi connectivity index (χ0n) is 7.60. The summed E-state index contributed by atoms with van der Waals surface area (Å²) in [6.45, 7) is 0. The number of alkyl halides is 3. The van der Waals surface area contributed by atoms with E-state index in [1.165, 1.54) is 0 Å². The highest BCUT2D eigenvalue weighted by Gasteiger charge is 2.42.